The Kier molecular flexibility index (Phi) is 3.88. The summed E-state index contributed by atoms with van der Waals surface area (Å²) in [7, 11) is 1.66. The van der Waals surface area contributed by atoms with Crippen molar-refractivity contribution in [3.63, 3.8) is 0 Å². The van der Waals surface area contributed by atoms with Crippen LogP contribution >= 0.6 is 12.2 Å². The Morgan fingerprint density at radius 2 is 2.25 bits per heavy atom. The van der Waals surface area contributed by atoms with E-state index in [-0.39, 0.29) is 17.7 Å². The lowest BCUT2D eigenvalue weighted by molar-refractivity contribution is -0.122. The molecule has 6 nitrogen and oxygen atoms in total. The third-order valence-corrected chi connectivity index (χ3v) is 5.06. The normalized spacial score (nSPS) is 22.2. The van der Waals surface area contributed by atoms with Crippen LogP contribution in [0.25, 0.3) is 0 Å². The average Bonchev–Trinajstić information content (AvgIpc) is 3.51. The van der Waals surface area contributed by atoms with Gasteiger partial charge in [0.2, 0.25) is 5.91 Å². The molecule has 2 saturated carbocycles. The first kappa shape index (κ1) is 15.4. The van der Waals surface area contributed by atoms with Gasteiger partial charge in [-0.3, -0.25) is 14.5 Å². The quantitative estimate of drug-likeness (QED) is 0.791. The zero-order valence-corrected chi connectivity index (χ0v) is 14.3. The first-order valence-electron chi connectivity index (χ1n) is 8.25. The average molecular weight is 344 g/mol. The Labute approximate surface area is 145 Å². The van der Waals surface area contributed by atoms with Crippen LogP contribution in [0.5, 0.6) is 5.75 Å². The molecule has 4 rings (SSSR count). The summed E-state index contributed by atoms with van der Waals surface area (Å²) < 4.78 is 8.06. The van der Waals surface area contributed by atoms with E-state index in [0.717, 1.165) is 36.4 Å². The van der Waals surface area contributed by atoms with Gasteiger partial charge in [-0.05, 0) is 49.0 Å². The van der Waals surface area contributed by atoms with E-state index in [2.05, 4.69) is 15.5 Å². The van der Waals surface area contributed by atoms with Crippen molar-refractivity contribution in [2.24, 2.45) is 5.92 Å². The van der Waals surface area contributed by atoms with E-state index >= 15 is 0 Å². The van der Waals surface area contributed by atoms with Gasteiger partial charge in [-0.15, -0.1) is 0 Å². The van der Waals surface area contributed by atoms with Gasteiger partial charge in [-0.1, -0.05) is 18.2 Å². The number of hydrogen-bond acceptors (Lipinski definition) is 4. The molecule has 0 radical (unpaired) electrons. The highest BCUT2D eigenvalue weighted by atomic mass is 32.1. The summed E-state index contributed by atoms with van der Waals surface area (Å²) in [6.07, 6.45) is 3.13. The molecule has 2 aliphatic carbocycles. The smallest absolute Gasteiger partial charge is 0.224 e. The molecule has 2 N–H and O–H groups in total. The highest BCUT2D eigenvalue weighted by Gasteiger charge is 2.45. The second-order valence-corrected chi connectivity index (χ2v) is 6.84. The molecular weight excluding hydrogens is 324 g/mol. The summed E-state index contributed by atoms with van der Waals surface area (Å²) in [6, 6.07) is 8.36. The molecule has 126 valence electrons. The minimum absolute atomic E-state index is 0.0117. The van der Waals surface area contributed by atoms with Crippen molar-refractivity contribution >= 4 is 18.1 Å². The van der Waals surface area contributed by atoms with Crippen LogP contribution in [-0.4, -0.2) is 27.8 Å². The molecule has 2 aromatic rings. The summed E-state index contributed by atoms with van der Waals surface area (Å²) in [5, 5.41) is 10.1. The van der Waals surface area contributed by atoms with E-state index in [9.17, 15) is 4.79 Å². The van der Waals surface area contributed by atoms with Crippen molar-refractivity contribution in [3.05, 3.63) is 40.4 Å². The molecule has 0 aliphatic heterocycles. The predicted molar refractivity (Wildman–Crippen MR) is 91.4 cm³/mol. The number of carbonyl (C=O) groups excluding carboxylic acids is 1. The maximum atomic E-state index is 12.4. The third-order valence-electron chi connectivity index (χ3n) is 4.78. The summed E-state index contributed by atoms with van der Waals surface area (Å²) in [5.74, 6) is 1.99. The zero-order chi connectivity index (χ0) is 16.7. The Morgan fingerprint density at radius 1 is 1.46 bits per heavy atom. The number of rotatable bonds is 6. The van der Waals surface area contributed by atoms with Gasteiger partial charge in [0, 0.05) is 12.0 Å². The number of amides is 1. The van der Waals surface area contributed by atoms with Crippen LogP contribution in [0.3, 0.4) is 0 Å². The number of nitrogens with zero attached hydrogens (tertiary/aromatic N) is 2. The molecule has 2 fully saturated rings. The lowest BCUT2D eigenvalue weighted by Gasteiger charge is -2.09. The van der Waals surface area contributed by atoms with Crippen LogP contribution in [0.15, 0.2) is 24.3 Å². The zero-order valence-electron chi connectivity index (χ0n) is 13.5. The van der Waals surface area contributed by atoms with Crippen molar-refractivity contribution in [1.29, 1.82) is 0 Å². The first-order valence-corrected chi connectivity index (χ1v) is 8.66. The maximum Gasteiger partial charge on any atom is 0.224 e. The molecule has 0 unspecified atom stereocenters. The van der Waals surface area contributed by atoms with Gasteiger partial charge in [-0.25, -0.2) is 0 Å². The number of aromatic amines is 1. The van der Waals surface area contributed by atoms with E-state index in [1.807, 2.05) is 28.8 Å². The van der Waals surface area contributed by atoms with Crippen LogP contribution in [0.4, 0.5) is 0 Å². The van der Waals surface area contributed by atoms with Crippen LogP contribution in [0.1, 0.15) is 42.6 Å². The number of nitrogens with one attached hydrogen (secondary N) is 2. The van der Waals surface area contributed by atoms with E-state index < -0.39 is 0 Å². The Morgan fingerprint density at radius 3 is 3.00 bits per heavy atom. The molecule has 1 aromatic carbocycles. The van der Waals surface area contributed by atoms with Crippen molar-refractivity contribution in [2.45, 2.75) is 37.8 Å². The Hall–Kier alpha value is -2.15. The van der Waals surface area contributed by atoms with Gasteiger partial charge >= 0.3 is 0 Å². The largest absolute Gasteiger partial charge is 0.496 e. The number of aromatic nitrogens is 3. The van der Waals surface area contributed by atoms with Gasteiger partial charge in [0.25, 0.3) is 0 Å². The van der Waals surface area contributed by atoms with Crippen LogP contribution in [0, 0.1) is 10.7 Å². The van der Waals surface area contributed by atoms with Crippen LogP contribution in [-0.2, 0) is 11.3 Å². The number of para-hydroxylation sites is 1. The van der Waals surface area contributed by atoms with Gasteiger partial charge in [0.15, 0.2) is 10.6 Å². The van der Waals surface area contributed by atoms with Gasteiger partial charge in [0.1, 0.15) is 5.75 Å². The fourth-order valence-corrected chi connectivity index (χ4v) is 3.57. The van der Waals surface area contributed by atoms with Gasteiger partial charge in [-0.2, -0.15) is 5.10 Å². The lowest BCUT2D eigenvalue weighted by Crippen LogP contribution is -2.26. The van der Waals surface area contributed by atoms with Gasteiger partial charge in [0.05, 0.1) is 13.7 Å². The SMILES string of the molecule is COc1ccccc1[C@@H]1C[C@@H]1C(=O)NCc1n[nH]c(=S)n1C1CC1. The Balaban J connectivity index is 1.39. The van der Waals surface area contributed by atoms with E-state index in [1.54, 1.807) is 7.11 Å². The molecule has 0 spiro atoms. The molecule has 1 aromatic heterocycles. The maximum absolute atomic E-state index is 12.4. The molecule has 1 heterocycles. The highest BCUT2D eigenvalue weighted by Crippen LogP contribution is 2.50. The molecule has 0 bridgehead atoms. The number of ether oxygens (including phenoxy) is 1. The monoisotopic (exact) mass is 344 g/mol. The second-order valence-electron chi connectivity index (χ2n) is 6.45. The number of benzene rings is 1. The van der Waals surface area contributed by atoms with Crippen molar-refractivity contribution in [2.75, 3.05) is 7.11 Å². The summed E-state index contributed by atoms with van der Waals surface area (Å²) >= 11 is 5.26. The van der Waals surface area contributed by atoms with Crippen LogP contribution < -0.4 is 10.1 Å². The molecule has 1 amide bonds. The number of H-pyrrole nitrogens is 1. The Bertz CT molecular complexity index is 824. The van der Waals surface area contributed by atoms with E-state index in [4.69, 9.17) is 17.0 Å². The number of hydrogen-bond donors (Lipinski definition) is 2. The number of methoxy groups -OCH3 is 1. The summed E-state index contributed by atoms with van der Waals surface area (Å²) in [6.45, 7) is 0.414. The molecule has 7 heteroatoms. The van der Waals surface area contributed by atoms with Gasteiger partial charge < -0.3 is 10.1 Å². The van der Waals surface area contributed by atoms with Crippen molar-refractivity contribution < 1.29 is 9.53 Å². The van der Waals surface area contributed by atoms with E-state index in [0.29, 0.717) is 17.4 Å². The molecule has 2 aliphatic rings. The van der Waals surface area contributed by atoms with Crippen LogP contribution in [0.2, 0.25) is 0 Å². The predicted octanol–water partition coefficient (Wildman–Crippen LogP) is 2.70. The van der Waals surface area contributed by atoms with Crippen molar-refractivity contribution in [1.82, 2.24) is 20.1 Å². The van der Waals surface area contributed by atoms with Crippen molar-refractivity contribution in [3.8, 4) is 5.75 Å². The minimum atomic E-state index is 0.0117. The minimum Gasteiger partial charge on any atom is -0.496 e. The molecule has 0 saturated heterocycles. The third kappa shape index (κ3) is 2.84. The number of carbonyl (C=O) groups is 1. The fourth-order valence-electron chi connectivity index (χ4n) is 3.27. The topological polar surface area (TPSA) is 71.9 Å². The molecular formula is C17H20N4O2S. The summed E-state index contributed by atoms with van der Waals surface area (Å²) in [5.41, 5.74) is 1.11. The van der Waals surface area contributed by atoms with E-state index in [1.165, 1.54) is 0 Å². The second kappa shape index (κ2) is 6.05. The molecule has 2 atom stereocenters. The lowest BCUT2D eigenvalue weighted by atomic mass is 10.1. The summed E-state index contributed by atoms with van der Waals surface area (Å²) in [4.78, 5) is 12.4. The fraction of sp³-hybridized carbons (Fsp3) is 0.471. The molecule has 24 heavy (non-hydrogen) atoms. The standard InChI is InChI=1S/C17H20N4O2S/c1-23-14-5-3-2-4-11(14)12-8-13(12)16(22)18-9-15-19-20-17(24)21(15)10-6-7-10/h2-5,10,12-13H,6-9H2,1H3,(H,18,22)(H,20,24)/t12-,13-/m0/s1. The highest BCUT2D eigenvalue weighted by molar-refractivity contribution is 7.71. The first-order chi connectivity index (χ1) is 11.7.